The molecule has 4 rings (SSSR count). The van der Waals surface area contributed by atoms with Crippen LogP contribution in [0.5, 0.6) is 0 Å². The van der Waals surface area contributed by atoms with E-state index in [1.54, 1.807) is 60.7 Å². The molecule has 0 N–H and O–H groups in total. The summed E-state index contributed by atoms with van der Waals surface area (Å²) in [7, 11) is -6.22. The van der Waals surface area contributed by atoms with Gasteiger partial charge in [-0.15, -0.1) is 0 Å². The summed E-state index contributed by atoms with van der Waals surface area (Å²) in [6.07, 6.45) is 0. The summed E-state index contributed by atoms with van der Waals surface area (Å²) in [4.78, 5) is -0.0496. The SMILES string of the molecule is O=S(=O)(/N=C(/SS/C(=N/S(=O)(=O)c1ccc(Cl)cc1)c1ccccc1)c1ccccc1)c1ccc(Cl)cc1. The van der Waals surface area contributed by atoms with Crippen LogP contribution < -0.4 is 0 Å². The summed E-state index contributed by atoms with van der Waals surface area (Å²) >= 11 is 11.8. The Bertz CT molecular complexity index is 1550. The zero-order valence-corrected chi connectivity index (χ0v) is 24.1. The Kier molecular flexibility index (Phi) is 9.35. The average molecular weight is 622 g/mol. The van der Waals surface area contributed by atoms with E-state index in [2.05, 4.69) is 8.80 Å². The van der Waals surface area contributed by atoms with Crippen LogP contribution in [0.2, 0.25) is 10.0 Å². The Morgan fingerprint density at radius 1 is 0.500 bits per heavy atom. The summed E-state index contributed by atoms with van der Waals surface area (Å²) in [5.41, 5.74) is 1.08. The van der Waals surface area contributed by atoms with Gasteiger partial charge in [0.2, 0.25) is 0 Å². The summed E-state index contributed by atoms with van der Waals surface area (Å²) < 4.78 is 60.5. The molecule has 4 aromatic rings. The van der Waals surface area contributed by atoms with Crippen LogP contribution in [-0.2, 0) is 20.0 Å². The Hall–Kier alpha value is -2.60. The van der Waals surface area contributed by atoms with Gasteiger partial charge in [-0.25, -0.2) is 0 Å². The summed E-state index contributed by atoms with van der Waals surface area (Å²) in [6.45, 7) is 0. The molecular formula is C26H18Cl2N2O4S4. The number of benzene rings is 4. The summed E-state index contributed by atoms with van der Waals surface area (Å²) in [5.74, 6) is 0. The van der Waals surface area contributed by atoms with E-state index in [1.807, 2.05) is 0 Å². The molecule has 0 aliphatic heterocycles. The Morgan fingerprint density at radius 2 is 0.816 bits per heavy atom. The number of rotatable bonds is 6. The van der Waals surface area contributed by atoms with E-state index in [0.717, 1.165) is 21.6 Å². The largest absolute Gasteiger partial charge is 0.283 e. The maximum Gasteiger partial charge on any atom is 0.283 e. The zero-order chi connectivity index (χ0) is 27.2. The molecule has 0 radical (unpaired) electrons. The molecular weight excluding hydrogens is 603 g/mol. The Balaban J connectivity index is 1.74. The topological polar surface area (TPSA) is 93.0 Å². The zero-order valence-electron chi connectivity index (χ0n) is 19.3. The van der Waals surface area contributed by atoms with Crippen molar-refractivity contribution in [2.45, 2.75) is 9.79 Å². The second-order valence-electron chi connectivity index (χ2n) is 7.55. The van der Waals surface area contributed by atoms with E-state index < -0.39 is 20.0 Å². The fourth-order valence-corrected chi connectivity index (χ4v) is 8.13. The van der Waals surface area contributed by atoms with Gasteiger partial charge in [-0.1, -0.05) is 83.9 Å². The third-order valence-electron chi connectivity index (χ3n) is 4.87. The predicted octanol–water partition coefficient (Wildman–Crippen LogP) is 7.35. The maximum atomic E-state index is 13.1. The number of hydrogen-bond acceptors (Lipinski definition) is 6. The van der Waals surface area contributed by atoms with Crippen LogP contribution in [0.4, 0.5) is 0 Å². The molecule has 4 aromatic carbocycles. The highest BCUT2D eigenvalue weighted by molar-refractivity contribution is 8.87. The van der Waals surface area contributed by atoms with Crippen molar-refractivity contribution in [3.63, 3.8) is 0 Å². The molecule has 12 heteroatoms. The molecule has 0 saturated carbocycles. The highest BCUT2D eigenvalue weighted by atomic mass is 35.5. The van der Waals surface area contributed by atoms with Gasteiger partial charge in [-0.3, -0.25) is 0 Å². The molecule has 38 heavy (non-hydrogen) atoms. The highest BCUT2D eigenvalue weighted by Gasteiger charge is 2.20. The fraction of sp³-hybridized carbons (Fsp3) is 0. The number of sulfonamides is 2. The van der Waals surface area contributed by atoms with Gasteiger partial charge in [0.1, 0.15) is 10.1 Å². The van der Waals surface area contributed by atoms with Crippen LogP contribution in [0.25, 0.3) is 0 Å². The van der Waals surface area contributed by atoms with Crippen molar-refractivity contribution >= 4 is 74.9 Å². The molecule has 0 aliphatic rings. The molecule has 194 valence electrons. The smallest absolute Gasteiger partial charge is 0.199 e. The van der Waals surface area contributed by atoms with Crippen molar-refractivity contribution < 1.29 is 16.8 Å². The van der Waals surface area contributed by atoms with Gasteiger partial charge < -0.3 is 0 Å². The quantitative estimate of drug-likeness (QED) is 0.127. The molecule has 0 fully saturated rings. The van der Waals surface area contributed by atoms with Crippen LogP contribution in [0.1, 0.15) is 11.1 Å². The van der Waals surface area contributed by atoms with Crippen molar-refractivity contribution in [3.8, 4) is 0 Å². The van der Waals surface area contributed by atoms with Gasteiger partial charge >= 0.3 is 0 Å². The van der Waals surface area contributed by atoms with Crippen molar-refractivity contribution in [2.75, 3.05) is 0 Å². The minimum atomic E-state index is -4.09. The van der Waals surface area contributed by atoms with E-state index in [9.17, 15) is 16.8 Å². The van der Waals surface area contributed by atoms with Crippen molar-refractivity contribution in [2.24, 2.45) is 8.80 Å². The average Bonchev–Trinajstić information content (AvgIpc) is 2.91. The van der Waals surface area contributed by atoms with Gasteiger partial charge in [0.25, 0.3) is 20.0 Å². The lowest BCUT2D eigenvalue weighted by Gasteiger charge is -2.09. The molecule has 6 nitrogen and oxygen atoms in total. The molecule has 0 aromatic heterocycles. The van der Waals surface area contributed by atoms with E-state index in [4.69, 9.17) is 23.2 Å². The second kappa shape index (κ2) is 12.5. The molecule has 0 bridgehead atoms. The lowest BCUT2D eigenvalue weighted by molar-refractivity contribution is 0.596. The molecule has 0 amide bonds. The van der Waals surface area contributed by atoms with Gasteiger partial charge in [-0.05, 0) is 70.1 Å². The first kappa shape index (κ1) is 28.4. The van der Waals surface area contributed by atoms with Gasteiger partial charge in [0, 0.05) is 21.2 Å². The molecule has 0 atom stereocenters. The first-order valence-corrected chi connectivity index (χ1v) is 16.6. The lowest BCUT2D eigenvalue weighted by Crippen LogP contribution is -2.05. The molecule has 0 spiro atoms. The van der Waals surface area contributed by atoms with E-state index >= 15 is 0 Å². The molecule has 0 saturated heterocycles. The van der Waals surface area contributed by atoms with E-state index in [-0.39, 0.29) is 19.9 Å². The van der Waals surface area contributed by atoms with Crippen LogP contribution in [0, 0.1) is 0 Å². The first-order chi connectivity index (χ1) is 18.1. The van der Waals surface area contributed by atoms with Crippen LogP contribution in [0.3, 0.4) is 0 Å². The van der Waals surface area contributed by atoms with Gasteiger partial charge in [0.05, 0.1) is 9.79 Å². The number of hydrogen-bond donors (Lipinski definition) is 0. The normalized spacial score (nSPS) is 12.9. The minimum Gasteiger partial charge on any atom is -0.199 e. The van der Waals surface area contributed by atoms with Crippen LogP contribution in [-0.4, -0.2) is 26.9 Å². The third kappa shape index (κ3) is 7.49. The van der Waals surface area contributed by atoms with Crippen LogP contribution >= 0.6 is 44.8 Å². The highest BCUT2D eigenvalue weighted by Crippen LogP contribution is 2.33. The van der Waals surface area contributed by atoms with E-state index in [0.29, 0.717) is 21.2 Å². The van der Waals surface area contributed by atoms with Crippen molar-refractivity contribution in [1.82, 2.24) is 0 Å². The first-order valence-electron chi connectivity index (χ1n) is 10.8. The minimum absolute atomic E-state index is 0.0248. The molecule has 0 heterocycles. The lowest BCUT2D eigenvalue weighted by atomic mass is 10.2. The van der Waals surface area contributed by atoms with Crippen LogP contribution in [0.15, 0.2) is 128 Å². The molecule has 0 aliphatic carbocycles. The fourth-order valence-electron chi connectivity index (χ4n) is 3.01. The summed E-state index contributed by atoms with van der Waals surface area (Å²) in [6, 6.07) is 28.8. The monoisotopic (exact) mass is 620 g/mol. The third-order valence-corrected chi connectivity index (χ3v) is 10.4. The number of halogens is 2. The predicted molar refractivity (Wildman–Crippen MR) is 158 cm³/mol. The molecule has 0 unspecified atom stereocenters. The Labute approximate surface area is 239 Å². The summed E-state index contributed by atoms with van der Waals surface area (Å²) in [5, 5.41) is 1.09. The Morgan fingerprint density at radius 3 is 1.13 bits per heavy atom. The van der Waals surface area contributed by atoms with Gasteiger partial charge in [0.15, 0.2) is 0 Å². The van der Waals surface area contributed by atoms with Crippen molar-refractivity contribution in [3.05, 3.63) is 130 Å². The number of nitrogens with zero attached hydrogens (tertiary/aromatic N) is 2. The standard InChI is InChI=1S/C26H18Cl2N2O4S4/c27-21-11-15-23(16-12-21)37(31,32)29-25(19-7-3-1-4-8-19)35-36-26(20-9-5-2-6-10-20)30-38(33,34)24-17-13-22(28)14-18-24/h1-18H/b29-25+,30-26+. The van der Waals surface area contributed by atoms with Crippen molar-refractivity contribution in [1.29, 1.82) is 0 Å². The van der Waals surface area contributed by atoms with E-state index in [1.165, 1.54) is 48.5 Å². The maximum absolute atomic E-state index is 13.1. The van der Waals surface area contributed by atoms with Gasteiger partial charge in [-0.2, -0.15) is 25.6 Å². The second-order valence-corrected chi connectivity index (χ2v) is 13.7.